The lowest BCUT2D eigenvalue weighted by atomic mass is 10.1. The summed E-state index contributed by atoms with van der Waals surface area (Å²) >= 11 is 12.0. The Kier molecular flexibility index (Phi) is 5.87. The third-order valence-corrected chi connectivity index (χ3v) is 4.46. The minimum atomic E-state index is -4.59. The molecule has 0 saturated carbocycles. The third-order valence-electron chi connectivity index (χ3n) is 3.84. The number of aromatic nitrogens is 2. The van der Waals surface area contributed by atoms with Gasteiger partial charge in [-0.15, -0.1) is 0 Å². The third kappa shape index (κ3) is 4.90. The fourth-order valence-electron chi connectivity index (χ4n) is 2.60. The van der Waals surface area contributed by atoms with Crippen LogP contribution in [0.4, 0.5) is 18.9 Å². The fraction of sp³-hybridized carbons (Fsp3) is 0.158. The largest absolute Gasteiger partial charge is 0.417 e. The van der Waals surface area contributed by atoms with Crippen LogP contribution in [-0.4, -0.2) is 9.97 Å². The molecule has 0 N–H and O–H groups in total. The van der Waals surface area contributed by atoms with Crippen molar-refractivity contribution < 1.29 is 13.2 Å². The van der Waals surface area contributed by atoms with Gasteiger partial charge in [0.15, 0.2) is 0 Å². The molecule has 0 saturated heterocycles. The first-order chi connectivity index (χ1) is 12.8. The lowest BCUT2D eigenvalue weighted by Crippen LogP contribution is -2.24. The van der Waals surface area contributed by atoms with Crippen LogP contribution in [0.15, 0.2) is 60.9 Å². The topological polar surface area (TPSA) is 29.0 Å². The minimum absolute atomic E-state index is 0.125. The normalized spacial score (nSPS) is 11.4. The van der Waals surface area contributed by atoms with Gasteiger partial charge < -0.3 is 4.90 Å². The Labute approximate surface area is 164 Å². The number of anilines is 1. The minimum Gasteiger partial charge on any atom is -0.359 e. The van der Waals surface area contributed by atoms with Gasteiger partial charge in [-0.3, -0.25) is 9.97 Å². The van der Waals surface area contributed by atoms with Crippen LogP contribution in [0, 0.1) is 0 Å². The van der Waals surface area contributed by atoms with Crippen LogP contribution in [0.5, 0.6) is 0 Å². The van der Waals surface area contributed by atoms with Crippen molar-refractivity contribution in [1.82, 2.24) is 9.97 Å². The molecule has 3 rings (SSSR count). The van der Waals surface area contributed by atoms with Gasteiger partial charge in [0, 0.05) is 12.4 Å². The Bertz CT molecular complexity index is 862. The summed E-state index contributed by atoms with van der Waals surface area (Å²) in [5, 5.41) is -0.313. The smallest absolute Gasteiger partial charge is 0.359 e. The molecular weight excluding hydrogens is 398 g/mol. The van der Waals surface area contributed by atoms with Crippen LogP contribution in [0.3, 0.4) is 0 Å². The number of pyridine rings is 2. The summed E-state index contributed by atoms with van der Waals surface area (Å²) in [6.45, 7) is 0.520. The predicted octanol–water partition coefficient (Wildman–Crippen LogP) is 6.01. The summed E-state index contributed by atoms with van der Waals surface area (Å²) < 4.78 is 39.9. The quantitative estimate of drug-likeness (QED) is 0.514. The molecule has 0 aliphatic rings. The summed E-state index contributed by atoms with van der Waals surface area (Å²) in [5.74, 6) is 0. The van der Waals surface area contributed by atoms with Gasteiger partial charge >= 0.3 is 6.18 Å². The van der Waals surface area contributed by atoms with Crippen LogP contribution in [0.1, 0.15) is 17.0 Å². The first-order valence-electron chi connectivity index (χ1n) is 7.95. The van der Waals surface area contributed by atoms with E-state index in [2.05, 4.69) is 9.97 Å². The summed E-state index contributed by atoms with van der Waals surface area (Å²) in [4.78, 5) is 10.2. The Morgan fingerprint density at radius 2 is 1.37 bits per heavy atom. The monoisotopic (exact) mass is 411 g/mol. The van der Waals surface area contributed by atoms with Crippen LogP contribution in [-0.2, 0) is 19.3 Å². The van der Waals surface area contributed by atoms with Crippen molar-refractivity contribution in [1.29, 1.82) is 0 Å². The van der Waals surface area contributed by atoms with Crippen molar-refractivity contribution in [3.63, 3.8) is 0 Å². The van der Waals surface area contributed by atoms with Crippen molar-refractivity contribution in [3.8, 4) is 0 Å². The zero-order chi connectivity index (χ0) is 19.4. The van der Waals surface area contributed by atoms with Gasteiger partial charge in [-0.25, -0.2) is 0 Å². The molecule has 3 aromatic rings. The van der Waals surface area contributed by atoms with E-state index >= 15 is 0 Å². The molecule has 0 unspecified atom stereocenters. The number of rotatable bonds is 5. The summed E-state index contributed by atoms with van der Waals surface area (Å²) in [5.41, 5.74) is 0.654. The molecule has 140 valence electrons. The van der Waals surface area contributed by atoms with Gasteiger partial charge in [-0.05, 0) is 36.4 Å². The molecule has 27 heavy (non-hydrogen) atoms. The first kappa shape index (κ1) is 19.5. The van der Waals surface area contributed by atoms with Gasteiger partial charge in [-0.2, -0.15) is 13.2 Å². The number of hydrogen-bond donors (Lipinski definition) is 0. The molecule has 0 radical (unpaired) electrons. The highest BCUT2D eigenvalue weighted by atomic mass is 35.5. The SMILES string of the molecule is FC(F)(F)c1cc(N(Cc2ccccn2)Cc2ccccn2)c(Cl)cc1Cl. The van der Waals surface area contributed by atoms with Gasteiger partial charge in [0.05, 0.1) is 45.8 Å². The Hall–Kier alpha value is -2.31. The summed E-state index contributed by atoms with van der Waals surface area (Å²) in [6, 6.07) is 12.8. The van der Waals surface area contributed by atoms with Crippen LogP contribution < -0.4 is 4.90 Å². The van der Waals surface area contributed by atoms with Gasteiger partial charge in [0.2, 0.25) is 0 Å². The zero-order valence-electron chi connectivity index (χ0n) is 13.9. The van der Waals surface area contributed by atoms with Crippen LogP contribution in [0.2, 0.25) is 10.0 Å². The molecule has 3 nitrogen and oxygen atoms in total. The average Bonchev–Trinajstić information content (AvgIpc) is 2.62. The second-order valence-electron chi connectivity index (χ2n) is 5.78. The molecule has 0 atom stereocenters. The maximum atomic E-state index is 13.3. The van der Waals surface area contributed by atoms with Gasteiger partial charge in [-0.1, -0.05) is 35.3 Å². The highest BCUT2D eigenvalue weighted by Crippen LogP contribution is 2.41. The molecule has 0 fully saturated rings. The number of hydrogen-bond acceptors (Lipinski definition) is 3. The predicted molar refractivity (Wildman–Crippen MR) is 99.8 cm³/mol. The van der Waals surface area contributed by atoms with Crippen LogP contribution >= 0.6 is 23.2 Å². The maximum absolute atomic E-state index is 13.3. The fourth-order valence-corrected chi connectivity index (χ4v) is 3.21. The second kappa shape index (κ2) is 8.15. The number of benzene rings is 1. The van der Waals surface area contributed by atoms with Crippen molar-refractivity contribution in [2.75, 3.05) is 4.90 Å². The lowest BCUT2D eigenvalue weighted by Gasteiger charge is -2.26. The molecule has 2 aromatic heterocycles. The van der Waals surface area contributed by atoms with Crippen molar-refractivity contribution >= 4 is 28.9 Å². The number of nitrogens with zero attached hydrogens (tertiary/aromatic N) is 3. The summed E-state index contributed by atoms with van der Waals surface area (Å²) in [7, 11) is 0. The Balaban J connectivity index is 2.04. The van der Waals surface area contributed by atoms with Gasteiger partial charge in [0.25, 0.3) is 0 Å². The van der Waals surface area contributed by atoms with Crippen molar-refractivity contribution in [3.05, 3.63) is 87.9 Å². The van der Waals surface area contributed by atoms with Crippen molar-refractivity contribution in [2.45, 2.75) is 19.3 Å². The zero-order valence-corrected chi connectivity index (χ0v) is 15.4. The first-order valence-corrected chi connectivity index (χ1v) is 8.71. The second-order valence-corrected chi connectivity index (χ2v) is 6.59. The molecule has 0 aliphatic carbocycles. The molecule has 8 heteroatoms. The highest BCUT2D eigenvalue weighted by molar-refractivity contribution is 6.36. The van der Waals surface area contributed by atoms with E-state index in [0.29, 0.717) is 11.4 Å². The van der Waals surface area contributed by atoms with E-state index in [-0.39, 0.29) is 23.8 Å². The Morgan fingerprint density at radius 1 is 0.815 bits per heavy atom. The lowest BCUT2D eigenvalue weighted by molar-refractivity contribution is -0.137. The van der Waals surface area contributed by atoms with Crippen LogP contribution in [0.25, 0.3) is 0 Å². The number of alkyl halides is 3. The standard InChI is InChI=1S/C19H14Cl2F3N3/c20-16-10-17(21)18(9-15(16)19(22,23)24)27(11-13-5-1-3-7-25-13)12-14-6-2-4-8-26-14/h1-10H,11-12H2. The molecular formula is C19H14Cl2F3N3. The molecule has 2 heterocycles. The van der Waals surface area contributed by atoms with Crippen molar-refractivity contribution in [2.24, 2.45) is 0 Å². The van der Waals surface area contributed by atoms with E-state index < -0.39 is 16.8 Å². The molecule has 0 bridgehead atoms. The maximum Gasteiger partial charge on any atom is 0.417 e. The molecule has 1 aromatic carbocycles. The van der Waals surface area contributed by atoms with E-state index in [1.165, 1.54) is 0 Å². The van der Waals surface area contributed by atoms with E-state index in [0.717, 1.165) is 12.1 Å². The van der Waals surface area contributed by atoms with E-state index in [4.69, 9.17) is 23.2 Å². The number of halogens is 5. The van der Waals surface area contributed by atoms with Gasteiger partial charge in [0.1, 0.15) is 0 Å². The molecule has 0 amide bonds. The highest BCUT2D eigenvalue weighted by Gasteiger charge is 2.34. The average molecular weight is 412 g/mol. The van der Waals surface area contributed by atoms with E-state index in [1.807, 2.05) is 12.1 Å². The molecule has 0 aliphatic heterocycles. The molecule has 0 spiro atoms. The van der Waals surface area contributed by atoms with E-state index in [9.17, 15) is 13.2 Å². The summed E-state index contributed by atoms with van der Waals surface area (Å²) in [6.07, 6.45) is -1.34. The van der Waals surface area contributed by atoms with E-state index in [1.54, 1.807) is 41.6 Å². The Morgan fingerprint density at radius 3 is 1.81 bits per heavy atom.